The molecule has 0 fully saturated rings. The van der Waals surface area contributed by atoms with Gasteiger partial charge in [0.05, 0.1) is 21.5 Å². The van der Waals surface area contributed by atoms with Crippen LogP contribution in [0.4, 0.5) is 0 Å². The van der Waals surface area contributed by atoms with E-state index in [1.54, 1.807) is 55.5 Å². The second-order valence-corrected chi connectivity index (χ2v) is 9.82. The minimum Gasteiger partial charge on any atom is -0.508 e. The van der Waals surface area contributed by atoms with Crippen molar-refractivity contribution in [2.75, 3.05) is 7.05 Å². The number of rotatable bonds is 7. The van der Waals surface area contributed by atoms with E-state index in [9.17, 15) is 19.8 Å². The van der Waals surface area contributed by atoms with E-state index in [0.717, 1.165) is 17.1 Å². The summed E-state index contributed by atoms with van der Waals surface area (Å²) in [6.45, 7) is 3.64. The average Bonchev–Trinajstić information content (AvgIpc) is 2.87. The average molecular weight is 491 g/mol. The largest absolute Gasteiger partial charge is 0.508 e. The van der Waals surface area contributed by atoms with E-state index < -0.39 is 4.75 Å². The fourth-order valence-corrected chi connectivity index (χ4v) is 4.83. The summed E-state index contributed by atoms with van der Waals surface area (Å²) in [4.78, 5) is 30.5. The molecule has 1 atom stereocenters. The number of carbonyl (C=O) groups is 2. The van der Waals surface area contributed by atoms with E-state index in [2.05, 4.69) is 10.3 Å². The van der Waals surface area contributed by atoms with Crippen molar-refractivity contribution in [2.24, 2.45) is 0 Å². The van der Waals surface area contributed by atoms with Crippen LogP contribution in [-0.4, -0.2) is 38.0 Å². The van der Waals surface area contributed by atoms with E-state index in [1.807, 2.05) is 13.0 Å². The Balaban J connectivity index is 1.72. The topological polar surface area (TPSA) is 109 Å². The maximum Gasteiger partial charge on any atom is 0.236 e. The predicted octanol–water partition coefficient (Wildman–Crippen LogP) is 5.17. The van der Waals surface area contributed by atoms with Gasteiger partial charge in [-0.05, 0) is 43.7 Å². The molecule has 4 aromatic rings. The maximum absolute atomic E-state index is 13.4. The molecular weight excluding hydrogens is 464 g/mol. The van der Waals surface area contributed by atoms with Gasteiger partial charge in [0.2, 0.25) is 11.0 Å². The zero-order valence-corrected chi connectivity index (χ0v) is 20.5. The van der Waals surface area contributed by atoms with Gasteiger partial charge in [0.15, 0.2) is 0 Å². The number of pyridine rings is 1. The summed E-state index contributed by atoms with van der Waals surface area (Å²) in [6, 6.07) is 17.1. The summed E-state index contributed by atoms with van der Waals surface area (Å²) in [5.74, 6) is 0.185. The van der Waals surface area contributed by atoms with E-state index in [0.29, 0.717) is 34.2 Å². The number of amides is 1. The lowest BCUT2D eigenvalue weighted by Crippen LogP contribution is -2.40. The molecule has 0 radical (unpaired) electrons. The van der Waals surface area contributed by atoms with Crippen molar-refractivity contribution in [3.05, 3.63) is 71.9 Å². The number of benzene rings is 3. The summed E-state index contributed by atoms with van der Waals surface area (Å²) in [6.07, 6.45) is 0.440. The Morgan fingerprint density at radius 1 is 1.06 bits per heavy atom. The van der Waals surface area contributed by atoms with Gasteiger partial charge in [-0.25, -0.2) is 4.98 Å². The molecule has 4 rings (SSSR count). The fourth-order valence-electron chi connectivity index (χ4n) is 3.82. The van der Waals surface area contributed by atoms with E-state index >= 15 is 0 Å². The predicted molar refractivity (Wildman–Crippen MR) is 138 cm³/mol. The van der Waals surface area contributed by atoms with Crippen LogP contribution < -0.4 is 10.1 Å². The third-order valence-electron chi connectivity index (χ3n) is 5.99. The lowest BCUT2D eigenvalue weighted by atomic mass is 10.0. The van der Waals surface area contributed by atoms with Crippen LogP contribution >= 0.6 is 11.8 Å². The molecule has 1 amide bonds. The second kappa shape index (κ2) is 9.84. The molecule has 0 spiro atoms. The SMILES string of the molecule is CCC(C)(SC(=O)c1cc(O)c2ccccc2c1OCc1ccc2cc(O)ccc2n1)C(=O)NC. The van der Waals surface area contributed by atoms with Gasteiger partial charge in [0.1, 0.15) is 23.9 Å². The molecule has 0 saturated heterocycles. The number of ether oxygens (including phenoxy) is 1. The van der Waals surface area contributed by atoms with Crippen LogP contribution in [0, 0.1) is 0 Å². The molecule has 180 valence electrons. The van der Waals surface area contributed by atoms with Gasteiger partial charge in [0.25, 0.3) is 0 Å². The molecule has 3 aromatic carbocycles. The molecule has 35 heavy (non-hydrogen) atoms. The van der Waals surface area contributed by atoms with Crippen LogP contribution in [0.15, 0.2) is 60.7 Å². The van der Waals surface area contributed by atoms with Gasteiger partial charge in [-0.3, -0.25) is 9.59 Å². The second-order valence-electron chi connectivity index (χ2n) is 8.34. The lowest BCUT2D eigenvalue weighted by Gasteiger charge is -2.25. The Labute approximate surface area is 207 Å². The van der Waals surface area contributed by atoms with E-state index in [1.165, 1.54) is 13.1 Å². The first-order chi connectivity index (χ1) is 16.8. The fraction of sp³-hybridized carbons (Fsp3) is 0.222. The number of fused-ring (bicyclic) bond motifs is 2. The minimum atomic E-state index is -0.976. The van der Waals surface area contributed by atoms with Gasteiger partial charge in [0, 0.05) is 23.2 Å². The zero-order valence-electron chi connectivity index (χ0n) is 19.7. The Kier molecular flexibility index (Phi) is 6.84. The standard InChI is InChI=1S/C27H26N2O5S/c1-4-27(2,26(33)28-3)35-25(32)21-14-23(31)19-7-5-6-8-20(19)24(21)34-15-17-10-9-16-13-18(30)11-12-22(16)29-17/h5-14,30-31H,4,15H2,1-3H3,(H,28,33). The van der Waals surface area contributed by atoms with Crippen LogP contribution in [-0.2, 0) is 11.4 Å². The number of aromatic hydroxyl groups is 2. The Bertz CT molecular complexity index is 1440. The first-order valence-corrected chi connectivity index (χ1v) is 12.0. The van der Waals surface area contributed by atoms with Crippen LogP contribution in [0.1, 0.15) is 36.3 Å². The number of nitrogens with zero attached hydrogens (tertiary/aromatic N) is 1. The van der Waals surface area contributed by atoms with Crippen molar-refractivity contribution < 1.29 is 24.5 Å². The zero-order chi connectivity index (χ0) is 25.2. The number of nitrogens with one attached hydrogen (secondary N) is 1. The van der Waals surface area contributed by atoms with Gasteiger partial charge >= 0.3 is 0 Å². The lowest BCUT2D eigenvalue weighted by molar-refractivity contribution is -0.122. The summed E-state index contributed by atoms with van der Waals surface area (Å²) in [5, 5.41) is 24.5. The highest BCUT2D eigenvalue weighted by molar-refractivity contribution is 8.15. The number of phenols is 2. The van der Waals surface area contributed by atoms with E-state index in [-0.39, 0.29) is 34.7 Å². The monoisotopic (exact) mass is 490 g/mol. The van der Waals surface area contributed by atoms with Crippen molar-refractivity contribution in [2.45, 2.75) is 31.6 Å². The molecular formula is C27H26N2O5S. The van der Waals surface area contributed by atoms with Crippen LogP contribution in [0.2, 0.25) is 0 Å². The van der Waals surface area contributed by atoms with Crippen molar-refractivity contribution in [1.29, 1.82) is 0 Å². The number of phenolic OH excluding ortho intramolecular Hbond substituents is 2. The van der Waals surface area contributed by atoms with Gasteiger partial charge in [-0.15, -0.1) is 0 Å². The first-order valence-electron chi connectivity index (χ1n) is 11.2. The Morgan fingerprint density at radius 2 is 1.80 bits per heavy atom. The summed E-state index contributed by atoms with van der Waals surface area (Å²) < 4.78 is 5.19. The number of hydrogen-bond acceptors (Lipinski definition) is 7. The smallest absolute Gasteiger partial charge is 0.236 e. The van der Waals surface area contributed by atoms with E-state index in [4.69, 9.17) is 4.74 Å². The summed E-state index contributed by atoms with van der Waals surface area (Å²) in [7, 11) is 1.54. The molecule has 0 aliphatic heterocycles. The maximum atomic E-state index is 13.4. The minimum absolute atomic E-state index is 0.0429. The third-order valence-corrected chi connectivity index (χ3v) is 7.32. The molecule has 0 saturated carbocycles. The molecule has 3 N–H and O–H groups in total. The summed E-state index contributed by atoms with van der Waals surface area (Å²) >= 11 is 0.908. The number of hydrogen-bond donors (Lipinski definition) is 3. The van der Waals surface area contributed by atoms with Crippen molar-refractivity contribution in [1.82, 2.24) is 10.3 Å². The molecule has 7 nitrogen and oxygen atoms in total. The Morgan fingerprint density at radius 3 is 2.51 bits per heavy atom. The van der Waals surface area contributed by atoms with Crippen molar-refractivity contribution in [3.63, 3.8) is 0 Å². The van der Waals surface area contributed by atoms with Crippen LogP contribution in [0.5, 0.6) is 17.2 Å². The molecule has 0 bridgehead atoms. The van der Waals surface area contributed by atoms with Crippen LogP contribution in [0.25, 0.3) is 21.7 Å². The molecule has 1 aromatic heterocycles. The first kappa shape index (κ1) is 24.3. The van der Waals surface area contributed by atoms with Crippen molar-refractivity contribution in [3.8, 4) is 17.2 Å². The molecule has 1 unspecified atom stereocenters. The summed E-state index contributed by atoms with van der Waals surface area (Å²) in [5.41, 5.74) is 1.52. The normalized spacial score (nSPS) is 12.9. The van der Waals surface area contributed by atoms with Gasteiger partial charge < -0.3 is 20.3 Å². The van der Waals surface area contributed by atoms with Gasteiger partial charge in [-0.1, -0.05) is 49.0 Å². The highest BCUT2D eigenvalue weighted by Gasteiger charge is 2.35. The number of aromatic nitrogens is 1. The number of thioether (sulfide) groups is 1. The molecule has 8 heteroatoms. The molecule has 0 aliphatic rings. The van der Waals surface area contributed by atoms with Crippen LogP contribution in [0.3, 0.4) is 0 Å². The van der Waals surface area contributed by atoms with Gasteiger partial charge in [-0.2, -0.15) is 0 Å². The highest BCUT2D eigenvalue weighted by Crippen LogP contribution is 2.41. The third kappa shape index (κ3) is 4.88. The Hall–Kier alpha value is -3.78. The highest BCUT2D eigenvalue weighted by atomic mass is 32.2. The molecule has 1 heterocycles. The van der Waals surface area contributed by atoms with Crippen molar-refractivity contribution >= 4 is 44.5 Å². The molecule has 0 aliphatic carbocycles. The quantitative estimate of drug-likeness (QED) is 0.328. The number of carbonyl (C=O) groups excluding carboxylic acids is 2.